The zero-order valence-electron chi connectivity index (χ0n) is 16.0. The fraction of sp³-hybridized carbons (Fsp3) is 0.318. The van der Waals surface area contributed by atoms with Crippen LogP contribution in [0.2, 0.25) is 0 Å². The maximum absolute atomic E-state index is 12.9. The topological polar surface area (TPSA) is 65.5 Å². The molecule has 2 aliphatic rings. The number of rotatable bonds is 5. The number of nitrogens with one attached hydrogen (secondary N) is 1. The Morgan fingerprint density at radius 3 is 2.69 bits per heavy atom. The zero-order chi connectivity index (χ0) is 19.8. The van der Waals surface area contributed by atoms with Crippen LogP contribution < -0.4 is 5.32 Å². The summed E-state index contributed by atoms with van der Waals surface area (Å²) in [7, 11) is 0. The SMILES string of the molecule is O=C1NC(Cc2ccccc2)C(=O)N1CN1CCCC1c1nc2ccccc2s1. The van der Waals surface area contributed by atoms with Gasteiger partial charge in [-0.3, -0.25) is 9.69 Å². The number of hydrogen-bond acceptors (Lipinski definition) is 5. The van der Waals surface area contributed by atoms with Crippen molar-refractivity contribution in [2.75, 3.05) is 13.2 Å². The number of carbonyl (C=O) groups is 2. The number of fused-ring (bicyclic) bond motifs is 1. The first kappa shape index (κ1) is 18.3. The van der Waals surface area contributed by atoms with Crippen LogP contribution in [0.1, 0.15) is 29.5 Å². The maximum atomic E-state index is 12.9. The van der Waals surface area contributed by atoms with Crippen LogP contribution in [0.3, 0.4) is 0 Å². The lowest BCUT2D eigenvalue weighted by atomic mass is 10.1. The van der Waals surface area contributed by atoms with Crippen LogP contribution in [0.15, 0.2) is 54.6 Å². The second-order valence-corrected chi connectivity index (χ2v) is 8.65. The van der Waals surface area contributed by atoms with E-state index < -0.39 is 6.04 Å². The van der Waals surface area contributed by atoms with Crippen molar-refractivity contribution in [2.24, 2.45) is 0 Å². The zero-order valence-corrected chi connectivity index (χ0v) is 16.8. The van der Waals surface area contributed by atoms with Crippen molar-refractivity contribution in [3.8, 4) is 0 Å². The third kappa shape index (κ3) is 3.52. The number of thiazole rings is 1. The van der Waals surface area contributed by atoms with Gasteiger partial charge in [-0.25, -0.2) is 14.7 Å². The first-order chi connectivity index (χ1) is 14.2. The largest absolute Gasteiger partial charge is 0.325 e. The Morgan fingerprint density at radius 1 is 1.07 bits per heavy atom. The molecule has 29 heavy (non-hydrogen) atoms. The molecule has 1 N–H and O–H groups in total. The van der Waals surface area contributed by atoms with Crippen LogP contribution >= 0.6 is 11.3 Å². The van der Waals surface area contributed by atoms with Gasteiger partial charge >= 0.3 is 6.03 Å². The lowest BCUT2D eigenvalue weighted by molar-refractivity contribution is -0.129. The molecule has 2 saturated heterocycles. The molecule has 3 amide bonds. The van der Waals surface area contributed by atoms with Gasteiger partial charge in [0.2, 0.25) is 0 Å². The molecule has 3 heterocycles. The molecule has 3 aromatic rings. The molecule has 0 bridgehead atoms. The molecule has 2 fully saturated rings. The quantitative estimate of drug-likeness (QED) is 0.658. The molecule has 0 radical (unpaired) electrons. The molecule has 2 aromatic carbocycles. The van der Waals surface area contributed by atoms with Crippen LogP contribution in [0.5, 0.6) is 0 Å². The molecule has 0 saturated carbocycles. The Bertz CT molecular complexity index is 1020. The molecular weight excluding hydrogens is 384 g/mol. The Balaban J connectivity index is 1.31. The minimum absolute atomic E-state index is 0.145. The molecule has 2 unspecified atom stereocenters. The van der Waals surface area contributed by atoms with Crippen molar-refractivity contribution in [1.82, 2.24) is 20.1 Å². The summed E-state index contributed by atoms with van der Waals surface area (Å²) < 4.78 is 1.17. The molecule has 0 spiro atoms. The van der Waals surface area contributed by atoms with Gasteiger partial charge in [0.1, 0.15) is 11.0 Å². The summed E-state index contributed by atoms with van der Waals surface area (Å²) in [6.45, 7) is 1.18. The summed E-state index contributed by atoms with van der Waals surface area (Å²) in [4.78, 5) is 33.8. The normalized spacial score (nSPS) is 22.6. The summed E-state index contributed by atoms with van der Waals surface area (Å²) in [5.41, 5.74) is 2.05. The third-order valence-corrected chi connectivity index (χ3v) is 6.81. The molecule has 148 valence electrons. The number of benzene rings is 2. The van der Waals surface area contributed by atoms with Gasteiger partial charge in [0.15, 0.2) is 0 Å². The van der Waals surface area contributed by atoms with Gasteiger partial charge in [-0.15, -0.1) is 11.3 Å². The molecule has 2 aliphatic heterocycles. The molecule has 5 rings (SSSR count). The van der Waals surface area contributed by atoms with Gasteiger partial charge in [-0.1, -0.05) is 42.5 Å². The van der Waals surface area contributed by atoms with Crippen molar-refractivity contribution >= 4 is 33.5 Å². The van der Waals surface area contributed by atoms with Crippen molar-refractivity contribution in [2.45, 2.75) is 31.3 Å². The Kier molecular flexibility index (Phi) is 4.77. The predicted octanol–water partition coefficient (Wildman–Crippen LogP) is 3.55. The molecule has 1 aromatic heterocycles. The van der Waals surface area contributed by atoms with E-state index in [1.807, 2.05) is 48.5 Å². The Morgan fingerprint density at radius 2 is 1.86 bits per heavy atom. The van der Waals surface area contributed by atoms with Crippen molar-refractivity contribution in [3.63, 3.8) is 0 Å². The average molecular weight is 407 g/mol. The van der Waals surface area contributed by atoms with E-state index in [-0.39, 0.29) is 18.0 Å². The minimum Gasteiger partial charge on any atom is -0.325 e. The van der Waals surface area contributed by atoms with Crippen LogP contribution in [0.25, 0.3) is 10.2 Å². The second-order valence-electron chi connectivity index (χ2n) is 7.59. The summed E-state index contributed by atoms with van der Waals surface area (Å²) in [5, 5.41) is 3.92. The van der Waals surface area contributed by atoms with Gasteiger partial charge in [0.25, 0.3) is 5.91 Å². The number of aromatic nitrogens is 1. The van der Waals surface area contributed by atoms with E-state index in [0.717, 1.165) is 35.5 Å². The van der Waals surface area contributed by atoms with E-state index in [1.165, 1.54) is 9.60 Å². The standard InChI is InChI=1S/C22H22N4O2S/c27-21-17(13-15-7-2-1-3-8-15)24-22(28)26(21)14-25-12-6-10-18(25)20-23-16-9-4-5-11-19(16)29-20/h1-5,7-9,11,17-18H,6,10,12-14H2,(H,24,28). The minimum atomic E-state index is -0.492. The number of hydrogen-bond donors (Lipinski definition) is 1. The highest BCUT2D eigenvalue weighted by atomic mass is 32.1. The molecular formula is C22H22N4O2S. The highest BCUT2D eigenvalue weighted by molar-refractivity contribution is 7.18. The van der Waals surface area contributed by atoms with Gasteiger partial charge < -0.3 is 5.32 Å². The average Bonchev–Trinajstić information content (AvgIpc) is 3.43. The monoisotopic (exact) mass is 406 g/mol. The number of likely N-dealkylation sites (tertiary alicyclic amines) is 1. The third-order valence-electron chi connectivity index (χ3n) is 5.67. The number of nitrogens with zero attached hydrogens (tertiary/aromatic N) is 3. The Hall–Kier alpha value is -2.77. The van der Waals surface area contributed by atoms with Crippen LogP contribution in [-0.2, 0) is 11.2 Å². The summed E-state index contributed by atoms with van der Waals surface area (Å²) in [6.07, 6.45) is 2.55. The number of urea groups is 1. The maximum Gasteiger partial charge on any atom is 0.325 e. The van der Waals surface area contributed by atoms with E-state index in [0.29, 0.717) is 13.1 Å². The Labute approximate surface area is 173 Å². The second kappa shape index (κ2) is 7.57. The highest BCUT2D eigenvalue weighted by Crippen LogP contribution is 2.36. The van der Waals surface area contributed by atoms with Crippen molar-refractivity contribution in [1.29, 1.82) is 0 Å². The van der Waals surface area contributed by atoms with Gasteiger partial charge in [-0.05, 0) is 30.5 Å². The van der Waals surface area contributed by atoms with Gasteiger partial charge in [0, 0.05) is 13.0 Å². The fourth-order valence-corrected chi connectivity index (χ4v) is 5.33. The number of carbonyl (C=O) groups excluding carboxylic acids is 2. The van der Waals surface area contributed by atoms with Crippen molar-refractivity contribution in [3.05, 3.63) is 65.2 Å². The van der Waals surface area contributed by atoms with E-state index in [2.05, 4.69) is 16.3 Å². The molecule has 6 nitrogen and oxygen atoms in total. The van der Waals surface area contributed by atoms with E-state index in [4.69, 9.17) is 4.98 Å². The molecule has 0 aliphatic carbocycles. The van der Waals surface area contributed by atoms with Gasteiger partial charge in [0.05, 0.1) is 22.9 Å². The van der Waals surface area contributed by atoms with Gasteiger partial charge in [-0.2, -0.15) is 0 Å². The smallest absolute Gasteiger partial charge is 0.325 e. The number of amides is 3. The first-order valence-electron chi connectivity index (χ1n) is 9.94. The summed E-state index contributed by atoms with van der Waals surface area (Å²) in [5.74, 6) is -0.145. The summed E-state index contributed by atoms with van der Waals surface area (Å²) in [6, 6.07) is 17.3. The van der Waals surface area contributed by atoms with E-state index >= 15 is 0 Å². The van der Waals surface area contributed by atoms with E-state index in [1.54, 1.807) is 11.3 Å². The molecule has 2 atom stereocenters. The van der Waals surface area contributed by atoms with Crippen LogP contribution in [0, 0.1) is 0 Å². The lowest BCUT2D eigenvalue weighted by Crippen LogP contribution is -2.41. The van der Waals surface area contributed by atoms with Crippen molar-refractivity contribution < 1.29 is 9.59 Å². The molecule has 7 heteroatoms. The fourth-order valence-electron chi connectivity index (χ4n) is 4.19. The predicted molar refractivity (Wildman–Crippen MR) is 112 cm³/mol. The van der Waals surface area contributed by atoms with Crippen LogP contribution in [0.4, 0.5) is 4.79 Å². The first-order valence-corrected chi connectivity index (χ1v) is 10.8. The lowest BCUT2D eigenvalue weighted by Gasteiger charge is -2.26. The van der Waals surface area contributed by atoms with E-state index in [9.17, 15) is 9.59 Å². The highest BCUT2D eigenvalue weighted by Gasteiger charge is 2.40. The number of imide groups is 1. The summed E-state index contributed by atoms with van der Waals surface area (Å²) >= 11 is 1.70. The van der Waals surface area contributed by atoms with Crippen LogP contribution in [-0.4, -0.2) is 46.0 Å². The number of para-hydroxylation sites is 1.